The largest absolute Gasteiger partial charge is 0.381 e. The molecule has 1 aliphatic carbocycles. The van der Waals surface area contributed by atoms with Gasteiger partial charge in [-0.2, -0.15) is 0 Å². The number of likely N-dealkylation sites (tertiary alicyclic amines) is 1. The molecule has 7 heteroatoms. The van der Waals surface area contributed by atoms with E-state index in [1.54, 1.807) is 7.11 Å². The van der Waals surface area contributed by atoms with Gasteiger partial charge < -0.3 is 24.7 Å². The molecule has 2 aliphatic heterocycles. The minimum atomic E-state index is -0.0699. The summed E-state index contributed by atoms with van der Waals surface area (Å²) >= 11 is 0. The SMILES string of the molecule is CO[C@@H]1C[C@@H](c2nc(C)c(C)[nH]2)N(C(=O)NC2CCOCC23CCCCC3)C1. The Labute approximate surface area is 167 Å². The van der Waals surface area contributed by atoms with Gasteiger partial charge in [-0.3, -0.25) is 0 Å². The zero-order valence-electron chi connectivity index (χ0n) is 17.4. The van der Waals surface area contributed by atoms with Gasteiger partial charge in [-0.1, -0.05) is 19.3 Å². The lowest BCUT2D eigenvalue weighted by atomic mass is 9.68. The quantitative estimate of drug-likeness (QED) is 0.830. The molecule has 2 saturated heterocycles. The van der Waals surface area contributed by atoms with Crippen LogP contribution >= 0.6 is 0 Å². The second-order valence-electron chi connectivity index (χ2n) is 8.86. The number of H-pyrrole nitrogens is 1. The van der Waals surface area contributed by atoms with Gasteiger partial charge in [0, 0.05) is 43.8 Å². The summed E-state index contributed by atoms with van der Waals surface area (Å²) in [5, 5.41) is 3.40. The van der Waals surface area contributed by atoms with Crippen LogP contribution in [0.2, 0.25) is 0 Å². The van der Waals surface area contributed by atoms with Crippen LogP contribution in [0.1, 0.15) is 68.2 Å². The highest BCUT2D eigenvalue weighted by Gasteiger charge is 2.45. The molecule has 1 saturated carbocycles. The second-order valence-corrected chi connectivity index (χ2v) is 8.86. The van der Waals surface area contributed by atoms with E-state index in [-0.39, 0.29) is 29.6 Å². The van der Waals surface area contributed by atoms with Crippen molar-refractivity contribution in [2.24, 2.45) is 5.41 Å². The topological polar surface area (TPSA) is 79.5 Å². The maximum absolute atomic E-state index is 13.4. The van der Waals surface area contributed by atoms with Crippen molar-refractivity contribution in [2.45, 2.75) is 77.0 Å². The van der Waals surface area contributed by atoms with Crippen LogP contribution in [0.25, 0.3) is 0 Å². The number of hydrogen-bond acceptors (Lipinski definition) is 4. The van der Waals surface area contributed by atoms with E-state index in [0.717, 1.165) is 56.1 Å². The van der Waals surface area contributed by atoms with Crippen molar-refractivity contribution in [2.75, 3.05) is 26.9 Å². The van der Waals surface area contributed by atoms with Crippen molar-refractivity contribution in [3.05, 3.63) is 17.2 Å². The number of carbonyl (C=O) groups is 1. The van der Waals surface area contributed by atoms with Crippen LogP contribution in [0, 0.1) is 19.3 Å². The van der Waals surface area contributed by atoms with Gasteiger partial charge >= 0.3 is 6.03 Å². The summed E-state index contributed by atoms with van der Waals surface area (Å²) in [6.45, 7) is 6.12. The molecule has 7 nitrogen and oxygen atoms in total. The van der Waals surface area contributed by atoms with E-state index >= 15 is 0 Å². The van der Waals surface area contributed by atoms with Crippen LogP contribution in [-0.2, 0) is 9.47 Å². The summed E-state index contributed by atoms with van der Waals surface area (Å²) in [6, 6.07) is 0.129. The first-order chi connectivity index (χ1) is 13.5. The number of carbonyl (C=O) groups excluding carboxylic acids is 1. The van der Waals surface area contributed by atoms with Crippen LogP contribution < -0.4 is 5.32 Å². The molecule has 156 valence electrons. The molecule has 3 heterocycles. The minimum Gasteiger partial charge on any atom is -0.381 e. The first-order valence-corrected chi connectivity index (χ1v) is 10.7. The predicted molar refractivity (Wildman–Crippen MR) is 106 cm³/mol. The maximum Gasteiger partial charge on any atom is 0.318 e. The molecule has 28 heavy (non-hydrogen) atoms. The third-order valence-electron chi connectivity index (χ3n) is 7.15. The molecular formula is C21H34N4O3. The van der Waals surface area contributed by atoms with Crippen LogP contribution in [-0.4, -0.2) is 59.9 Å². The van der Waals surface area contributed by atoms with Gasteiger partial charge in [0.1, 0.15) is 5.82 Å². The summed E-state index contributed by atoms with van der Waals surface area (Å²) in [7, 11) is 1.72. The Hall–Kier alpha value is -1.60. The lowest BCUT2D eigenvalue weighted by molar-refractivity contribution is -0.0509. The Morgan fingerprint density at radius 2 is 2.11 bits per heavy atom. The number of urea groups is 1. The van der Waals surface area contributed by atoms with Gasteiger partial charge in [0.05, 0.1) is 24.4 Å². The number of aromatic nitrogens is 2. The molecule has 1 spiro atoms. The average molecular weight is 391 g/mol. The van der Waals surface area contributed by atoms with E-state index in [1.807, 2.05) is 18.7 Å². The van der Waals surface area contributed by atoms with E-state index in [2.05, 4.69) is 15.3 Å². The van der Waals surface area contributed by atoms with Gasteiger partial charge in [-0.25, -0.2) is 9.78 Å². The summed E-state index contributed by atoms with van der Waals surface area (Å²) in [4.78, 5) is 23.3. The summed E-state index contributed by atoms with van der Waals surface area (Å²) < 4.78 is 11.4. The van der Waals surface area contributed by atoms with E-state index < -0.39 is 0 Å². The number of amides is 2. The van der Waals surface area contributed by atoms with Gasteiger partial charge in [0.15, 0.2) is 0 Å². The third-order valence-corrected chi connectivity index (χ3v) is 7.15. The molecule has 3 aliphatic rings. The standard InChI is InChI=1S/C21H34N4O3/c1-14-15(2)23-19(22-14)17-11-16(27-3)12-25(17)20(26)24-18-7-10-28-13-21(18)8-5-4-6-9-21/h16-18H,4-13H2,1-3H3,(H,22,23)(H,24,26)/t16-,17+,18?/m1/s1. The fourth-order valence-electron chi connectivity index (χ4n) is 5.27. The molecule has 0 aromatic carbocycles. The van der Waals surface area contributed by atoms with E-state index in [1.165, 1.54) is 19.3 Å². The molecule has 0 radical (unpaired) electrons. The summed E-state index contributed by atoms with van der Waals surface area (Å²) in [5.41, 5.74) is 2.16. The van der Waals surface area contributed by atoms with E-state index in [9.17, 15) is 4.79 Å². The molecule has 2 N–H and O–H groups in total. The summed E-state index contributed by atoms with van der Waals surface area (Å²) in [5.74, 6) is 0.865. The molecule has 1 aromatic rings. The molecule has 3 atom stereocenters. The monoisotopic (exact) mass is 390 g/mol. The fraction of sp³-hybridized carbons (Fsp3) is 0.810. The van der Waals surface area contributed by atoms with Crippen LogP contribution in [0.3, 0.4) is 0 Å². The summed E-state index contributed by atoms with van der Waals surface area (Å²) in [6.07, 6.45) is 7.78. The lowest BCUT2D eigenvalue weighted by Crippen LogP contribution is -2.56. The first-order valence-electron chi connectivity index (χ1n) is 10.7. The number of aryl methyl sites for hydroxylation is 2. The Bertz CT molecular complexity index is 670. The van der Waals surface area contributed by atoms with Crippen molar-refractivity contribution in [1.82, 2.24) is 20.2 Å². The van der Waals surface area contributed by atoms with Crippen LogP contribution in [0.15, 0.2) is 0 Å². The van der Waals surface area contributed by atoms with Gasteiger partial charge in [-0.05, 0) is 33.1 Å². The highest BCUT2D eigenvalue weighted by molar-refractivity contribution is 5.75. The Kier molecular flexibility index (Phi) is 5.65. The van der Waals surface area contributed by atoms with Crippen molar-refractivity contribution in [1.29, 1.82) is 0 Å². The lowest BCUT2D eigenvalue weighted by Gasteiger charge is -2.47. The van der Waals surface area contributed by atoms with Gasteiger partial charge in [0.25, 0.3) is 0 Å². The van der Waals surface area contributed by atoms with E-state index in [0.29, 0.717) is 6.54 Å². The number of nitrogens with one attached hydrogen (secondary N) is 2. The van der Waals surface area contributed by atoms with Crippen molar-refractivity contribution < 1.29 is 14.3 Å². The first kappa shape index (κ1) is 19.7. The van der Waals surface area contributed by atoms with Crippen molar-refractivity contribution >= 4 is 6.03 Å². The zero-order chi connectivity index (χ0) is 19.7. The van der Waals surface area contributed by atoms with Crippen LogP contribution in [0.4, 0.5) is 4.79 Å². The number of hydrogen-bond donors (Lipinski definition) is 2. The van der Waals surface area contributed by atoms with Gasteiger partial charge in [-0.15, -0.1) is 0 Å². The third kappa shape index (κ3) is 3.66. The highest BCUT2D eigenvalue weighted by Crippen LogP contribution is 2.43. The Morgan fingerprint density at radius 1 is 1.32 bits per heavy atom. The van der Waals surface area contributed by atoms with Crippen molar-refractivity contribution in [3.63, 3.8) is 0 Å². The van der Waals surface area contributed by atoms with Gasteiger partial charge in [0.2, 0.25) is 0 Å². The number of ether oxygens (including phenoxy) is 2. The fourth-order valence-corrected chi connectivity index (χ4v) is 5.27. The Balaban J connectivity index is 1.51. The molecule has 2 amide bonds. The van der Waals surface area contributed by atoms with E-state index in [4.69, 9.17) is 9.47 Å². The zero-order valence-corrected chi connectivity index (χ0v) is 17.4. The minimum absolute atomic E-state index is 0.00750. The molecule has 1 aromatic heterocycles. The second kappa shape index (κ2) is 8.03. The van der Waals surface area contributed by atoms with Crippen molar-refractivity contribution in [3.8, 4) is 0 Å². The number of nitrogens with zero attached hydrogens (tertiary/aromatic N) is 2. The smallest absolute Gasteiger partial charge is 0.318 e. The molecule has 1 unspecified atom stereocenters. The highest BCUT2D eigenvalue weighted by atomic mass is 16.5. The number of imidazole rings is 1. The molecule has 0 bridgehead atoms. The maximum atomic E-state index is 13.4. The molecular weight excluding hydrogens is 356 g/mol. The molecule has 3 fully saturated rings. The van der Waals surface area contributed by atoms with Crippen LogP contribution in [0.5, 0.6) is 0 Å². The normalized spacial score (nSPS) is 30.0. The number of aromatic amines is 1. The number of methoxy groups -OCH3 is 1. The predicted octanol–water partition coefficient (Wildman–Crippen LogP) is 3.24. The molecule has 4 rings (SSSR count). The average Bonchev–Trinajstić information content (AvgIpc) is 3.28. The Morgan fingerprint density at radius 3 is 2.79 bits per heavy atom. The number of rotatable bonds is 3.